The van der Waals surface area contributed by atoms with E-state index in [1.165, 1.54) is 70.6 Å². The highest BCUT2D eigenvalue weighted by Gasteiger charge is 2.61. The minimum Gasteiger partial charge on any atom is -0.185 e. The zero-order valence-electron chi connectivity index (χ0n) is 21.3. The summed E-state index contributed by atoms with van der Waals surface area (Å²) < 4.78 is 0. The first kappa shape index (κ1) is 24.0. The second kappa shape index (κ2) is 9.24. The van der Waals surface area contributed by atoms with Crippen molar-refractivity contribution in [2.45, 2.75) is 117 Å². The van der Waals surface area contributed by atoms with Crippen molar-refractivity contribution in [1.29, 1.82) is 5.26 Å². The van der Waals surface area contributed by atoms with Gasteiger partial charge >= 0.3 is 0 Å². The molecule has 0 heterocycles. The number of hydrogen-bond donors (Lipinski definition) is 0. The smallest absolute Gasteiger partial charge is 0.133 e. The summed E-state index contributed by atoms with van der Waals surface area (Å²) >= 11 is 1.58. The topological polar surface area (TPSA) is 23.8 Å². The van der Waals surface area contributed by atoms with E-state index >= 15 is 0 Å². The van der Waals surface area contributed by atoms with Crippen molar-refractivity contribution in [2.75, 3.05) is 0 Å². The van der Waals surface area contributed by atoms with Gasteiger partial charge in [-0.05, 0) is 121 Å². The maximum atomic E-state index is 9.28. The number of rotatable bonds is 6. The van der Waals surface area contributed by atoms with Crippen LogP contribution in [0.25, 0.3) is 0 Å². The summed E-state index contributed by atoms with van der Waals surface area (Å²) in [7, 11) is 0. The number of fused-ring (bicyclic) bond motifs is 5. The average molecular weight is 444 g/mol. The van der Waals surface area contributed by atoms with Gasteiger partial charge in [0.05, 0.1) is 0 Å². The fraction of sp³-hybridized carbons (Fsp3) is 0.966. The van der Waals surface area contributed by atoms with Crippen molar-refractivity contribution < 1.29 is 0 Å². The Bertz CT molecular complexity index is 666. The van der Waals surface area contributed by atoms with E-state index in [1.807, 2.05) is 0 Å². The summed E-state index contributed by atoms with van der Waals surface area (Å²) in [5.41, 5.74) is 1.15. The molecule has 0 spiro atoms. The molecule has 4 aliphatic carbocycles. The molecule has 4 aliphatic rings. The molecule has 2 heteroatoms. The number of nitriles is 1. The molecule has 0 aromatic heterocycles. The van der Waals surface area contributed by atoms with Gasteiger partial charge in [-0.2, -0.15) is 5.26 Å². The third-order valence-corrected chi connectivity index (χ3v) is 12.4. The Morgan fingerprint density at radius 3 is 2.42 bits per heavy atom. The quantitative estimate of drug-likeness (QED) is 0.382. The maximum absolute atomic E-state index is 9.28. The summed E-state index contributed by atoms with van der Waals surface area (Å²) in [6.45, 7) is 15.2. The molecular weight excluding hydrogens is 394 g/mol. The van der Waals surface area contributed by atoms with Crippen LogP contribution in [-0.4, -0.2) is 5.25 Å². The van der Waals surface area contributed by atoms with Gasteiger partial charge in [0, 0.05) is 5.25 Å². The molecule has 10 atom stereocenters. The third kappa shape index (κ3) is 4.24. The van der Waals surface area contributed by atoms with Crippen molar-refractivity contribution >= 4 is 11.8 Å². The molecule has 4 saturated carbocycles. The Morgan fingerprint density at radius 1 is 0.968 bits per heavy atom. The predicted octanol–water partition coefficient (Wildman–Crippen LogP) is 8.94. The lowest BCUT2D eigenvalue weighted by molar-refractivity contribution is -0.120. The molecule has 0 aliphatic heterocycles. The van der Waals surface area contributed by atoms with Crippen molar-refractivity contribution in [1.82, 2.24) is 0 Å². The molecular formula is C29H49NS. The second-order valence-electron chi connectivity index (χ2n) is 13.4. The molecule has 0 aromatic carbocycles. The summed E-state index contributed by atoms with van der Waals surface area (Å²) in [6, 6.07) is 0. The molecule has 0 radical (unpaired) electrons. The van der Waals surface area contributed by atoms with Gasteiger partial charge in [0.2, 0.25) is 0 Å². The Hall–Kier alpha value is -0.160. The molecule has 1 nitrogen and oxygen atoms in total. The van der Waals surface area contributed by atoms with Crippen LogP contribution in [0.3, 0.4) is 0 Å². The van der Waals surface area contributed by atoms with Gasteiger partial charge in [-0.25, -0.2) is 0 Å². The van der Waals surface area contributed by atoms with Gasteiger partial charge in [0.1, 0.15) is 5.40 Å². The lowest BCUT2D eigenvalue weighted by Gasteiger charge is -2.62. The fourth-order valence-corrected chi connectivity index (χ4v) is 10.6. The van der Waals surface area contributed by atoms with Crippen LogP contribution in [0.15, 0.2) is 0 Å². The zero-order chi connectivity index (χ0) is 22.4. The van der Waals surface area contributed by atoms with Gasteiger partial charge in [-0.1, -0.05) is 60.8 Å². The van der Waals surface area contributed by atoms with Crippen molar-refractivity contribution in [3.05, 3.63) is 0 Å². The molecule has 10 unspecified atom stereocenters. The molecule has 0 amide bonds. The van der Waals surface area contributed by atoms with Gasteiger partial charge in [-0.15, -0.1) is 0 Å². The molecule has 0 bridgehead atoms. The standard InChI is InChI=1S/C29H49NS/c1-19(2)8-7-9-20(3)24-12-13-25-23-11-10-22-16-27(31-18-30)21(4)17-29(22,6)26(23)14-15-28(24,25)5/h19-27H,7-17H2,1-6H3. The molecule has 0 saturated heterocycles. The Labute approximate surface area is 197 Å². The van der Waals surface area contributed by atoms with E-state index < -0.39 is 0 Å². The summed E-state index contributed by atoms with van der Waals surface area (Å²) in [6.07, 6.45) is 15.9. The molecule has 0 N–H and O–H groups in total. The Balaban J connectivity index is 1.47. The van der Waals surface area contributed by atoms with E-state index in [4.69, 9.17) is 0 Å². The highest BCUT2D eigenvalue weighted by molar-refractivity contribution is 8.04. The minimum atomic E-state index is 0.539. The van der Waals surface area contributed by atoms with Crippen LogP contribution in [0.1, 0.15) is 112 Å². The number of hydrogen-bond acceptors (Lipinski definition) is 2. The lowest BCUT2D eigenvalue weighted by atomic mass is 9.44. The molecule has 31 heavy (non-hydrogen) atoms. The van der Waals surface area contributed by atoms with Crippen molar-refractivity contribution in [2.24, 2.45) is 58.2 Å². The van der Waals surface area contributed by atoms with E-state index in [-0.39, 0.29) is 0 Å². The first-order valence-electron chi connectivity index (χ1n) is 13.8. The zero-order valence-corrected chi connectivity index (χ0v) is 22.1. The first-order chi connectivity index (χ1) is 14.7. The number of nitrogens with zero attached hydrogens (tertiary/aromatic N) is 1. The van der Waals surface area contributed by atoms with Gasteiger partial charge in [0.15, 0.2) is 0 Å². The largest absolute Gasteiger partial charge is 0.185 e. The highest BCUT2D eigenvalue weighted by Crippen LogP contribution is 2.69. The van der Waals surface area contributed by atoms with Gasteiger partial charge in [0.25, 0.3) is 0 Å². The minimum absolute atomic E-state index is 0.539. The highest BCUT2D eigenvalue weighted by atomic mass is 32.2. The monoisotopic (exact) mass is 443 g/mol. The second-order valence-corrected chi connectivity index (χ2v) is 14.4. The summed E-state index contributed by atoms with van der Waals surface area (Å²) in [4.78, 5) is 0. The van der Waals surface area contributed by atoms with E-state index in [0.717, 1.165) is 41.4 Å². The van der Waals surface area contributed by atoms with E-state index in [2.05, 4.69) is 46.9 Å². The van der Waals surface area contributed by atoms with E-state index in [0.29, 0.717) is 22.0 Å². The Kier molecular flexibility index (Phi) is 7.14. The fourth-order valence-electron chi connectivity index (χ4n) is 9.83. The predicted molar refractivity (Wildman–Crippen MR) is 135 cm³/mol. The van der Waals surface area contributed by atoms with Gasteiger partial charge in [-0.3, -0.25) is 0 Å². The maximum Gasteiger partial charge on any atom is 0.133 e. The summed E-state index contributed by atoms with van der Waals surface area (Å²) in [5, 5.41) is 12.3. The van der Waals surface area contributed by atoms with E-state index in [1.54, 1.807) is 11.8 Å². The summed E-state index contributed by atoms with van der Waals surface area (Å²) in [5.74, 6) is 7.24. The van der Waals surface area contributed by atoms with Crippen LogP contribution in [0.5, 0.6) is 0 Å². The van der Waals surface area contributed by atoms with Crippen LogP contribution >= 0.6 is 11.8 Å². The lowest BCUT2D eigenvalue weighted by Crippen LogP contribution is -2.55. The number of thioether (sulfide) groups is 1. The van der Waals surface area contributed by atoms with Crippen LogP contribution in [0.2, 0.25) is 0 Å². The van der Waals surface area contributed by atoms with Crippen LogP contribution in [0.4, 0.5) is 0 Å². The molecule has 176 valence electrons. The SMILES string of the molecule is CC(C)CCCC(C)C1CCC2C3CCC4CC(SC#N)C(C)CC4(C)C3CCC12C. The van der Waals surface area contributed by atoms with Crippen LogP contribution in [-0.2, 0) is 0 Å². The normalized spacial score (nSPS) is 47.9. The molecule has 4 fully saturated rings. The average Bonchev–Trinajstić information content (AvgIpc) is 3.06. The van der Waals surface area contributed by atoms with E-state index in [9.17, 15) is 5.26 Å². The Morgan fingerprint density at radius 2 is 1.71 bits per heavy atom. The van der Waals surface area contributed by atoms with Gasteiger partial charge < -0.3 is 0 Å². The number of thiocyanates is 1. The molecule has 4 rings (SSSR count). The van der Waals surface area contributed by atoms with Crippen LogP contribution in [0, 0.1) is 68.8 Å². The van der Waals surface area contributed by atoms with Crippen molar-refractivity contribution in [3.63, 3.8) is 0 Å². The van der Waals surface area contributed by atoms with Crippen molar-refractivity contribution in [3.8, 4) is 5.40 Å². The van der Waals surface area contributed by atoms with Crippen LogP contribution < -0.4 is 0 Å². The molecule has 0 aromatic rings. The first-order valence-corrected chi connectivity index (χ1v) is 14.6. The third-order valence-electron chi connectivity index (χ3n) is 11.4.